The molecule has 0 aliphatic carbocycles. The van der Waals surface area contributed by atoms with Crippen LogP contribution in [-0.4, -0.2) is 24.1 Å². The van der Waals surface area contributed by atoms with Crippen LogP contribution in [0.5, 0.6) is 5.75 Å². The standard InChI is InChI=1S/C21H24BrN3O3/c1-4-15-7-5-6-8-18(15)24-20(26)12-21(27)25-23-13-16-11-17(22)9-10-19(16)28-14(2)3/h5-11,13-14H,4,12H2,1-3H3,(H,24,26)(H,25,27). The first kappa shape index (κ1) is 21.6. The summed E-state index contributed by atoms with van der Waals surface area (Å²) in [5.41, 5.74) is 4.82. The highest BCUT2D eigenvalue weighted by molar-refractivity contribution is 9.10. The van der Waals surface area contributed by atoms with E-state index in [0.29, 0.717) is 11.3 Å². The molecule has 2 rings (SSSR count). The van der Waals surface area contributed by atoms with E-state index in [-0.39, 0.29) is 18.4 Å². The van der Waals surface area contributed by atoms with Crippen LogP contribution in [0.1, 0.15) is 38.3 Å². The first-order chi connectivity index (χ1) is 13.4. The van der Waals surface area contributed by atoms with E-state index in [1.807, 2.05) is 63.2 Å². The highest BCUT2D eigenvalue weighted by Crippen LogP contribution is 2.22. The largest absolute Gasteiger partial charge is 0.490 e. The maximum atomic E-state index is 12.1. The van der Waals surface area contributed by atoms with Crippen molar-refractivity contribution in [3.8, 4) is 5.75 Å². The molecule has 0 radical (unpaired) electrons. The molecule has 0 heterocycles. The minimum absolute atomic E-state index is 0.0117. The number of hydrazone groups is 1. The van der Waals surface area contributed by atoms with Gasteiger partial charge in [-0.25, -0.2) is 5.43 Å². The van der Waals surface area contributed by atoms with Gasteiger partial charge in [0.25, 0.3) is 0 Å². The average Bonchev–Trinajstić information content (AvgIpc) is 2.64. The summed E-state index contributed by atoms with van der Waals surface area (Å²) in [5.74, 6) is -0.228. The smallest absolute Gasteiger partial charge is 0.249 e. The number of aryl methyl sites for hydroxylation is 1. The number of anilines is 1. The maximum Gasteiger partial charge on any atom is 0.249 e. The fourth-order valence-electron chi connectivity index (χ4n) is 2.49. The lowest BCUT2D eigenvalue weighted by atomic mass is 10.1. The Morgan fingerprint density at radius 2 is 1.93 bits per heavy atom. The van der Waals surface area contributed by atoms with E-state index in [4.69, 9.17) is 4.74 Å². The Morgan fingerprint density at radius 1 is 1.18 bits per heavy atom. The lowest BCUT2D eigenvalue weighted by Crippen LogP contribution is -2.25. The third-order valence-electron chi connectivity index (χ3n) is 3.72. The molecule has 0 saturated carbocycles. The lowest BCUT2D eigenvalue weighted by Gasteiger charge is -2.12. The minimum Gasteiger partial charge on any atom is -0.490 e. The van der Waals surface area contributed by atoms with Gasteiger partial charge in [-0.05, 0) is 50.1 Å². The van der Waals surface area contributed by atoms with E-state index >= 15 is 0 Å². The lowest BCUT2D eigenvalue weighted by molar-refractivity contribution is -0.126. The molecular formula is C21H24BrN3O3. The summed E-state index contributed by atoms with van der Waals surface area (Å²) in [5, 5.41) is 6.70. The van der Waals surface area contributed by atoms with Crippen molar-refractivity contribution in [3.63, 3.8) is 0 Å². The second-order valence-corrected chi connectivity index (χ2v) is 7.29. The van der Waals surface area contributed by atoms with Gasteiger partial charge in [-0.2, -0.15) is 5.10 Å². The second kappa shape index (κ2) is 10.6. The number of ether oxygens (including phenoxy) is 1. The number of hydrogen-bond acceptors (Lipinski definition) is 4. The van der Waals surface area contributed by atoms with Gasteiger partial charge >= 0.3 is 0 Å². The average molecular weight is 446 g/mol. The predicted molar refractivity (Wildman–Crippen MR) is 115 cm³/mol. The number of para-hydroxylation sites is 1. The number of nitrogens with one attached hydrogen (secondary N) is 2. The third-order valence-corrected chi connectivity index (χ3v) is 4.21. The number of carbonyl (C=O) groups is 2. The molecule has 0 aliphatic heterocycles. The van der Waals surface area contributed by atoms with Crippen molar-refractivity contribution in [2.45, 2.75) is 39.7 Å². The van der Waals surface area contributed by atoms with Crippen molar-refractivity contribution < 1.29 is 14.3 Å². The molecule has 2 amide bonds. The molecule has 7 heteroatoms. The zero-order valence-corrected chi connectivity index (χ0v) is 17.7. The molecular weight excluding hydrogens is 422 g/mol. The Labute approximate surface area is 173 Å². The molecule has 148 valence electrons. The SMILES string of the molecule is CCc1ccccc1NC(=O)CC(=O)NN=Cc1cc(Br)ccc1OC(C)C. The molecule has 2 aromatic carbocycles. The molecule has 0 fully saturated rings. The second-order valence-electron chi connectivity index (χ2n) is 6.38. The topological polar surface area (TPSA) is 79.8 Å². The molecule has 2 aromatic rings. The van der Waals surface area contributed by atoms with Crippen molar-refractivity contribution in [1.82, 2.24) is 5.43 Å². The number of carbonyl (C=O) groups excluding carboxylic acids is 2. The number of nitrogens with zero attached hydrogens (tertiary/aromatic N) is 1. The van der Waals surface area contributed by atoms with Crippen LogP contribution in [-0.2, 0) is 16.0 Å². The van der Waals surface area contributed by atoms with Crippen LogP contribution in [0.4, 0.5) is 5.69 Å². The van der Waals surface area contributed by atoms with Crippen LogP contribution >= 0.6 is 15.9 Å². The fraction of sp³-hybridized carbons (Fsp3) is 0.286. The van der Waals surface area contributed by atoms with Crippen LogP contribution in [0.2, 0.25) is 0 Å². The highest BCUT2D eigenvalue weighted by Gasteiger charge is 2.11. The number of halogens is 1. The summed E-state index contributed by atoms with van der Waals surface area (Å²) in [6.07, 6.45) is 1.98. The van der Waals surface area contributed by atoms with Crippen molar-refractivity contribution in [3.05, 3.63) is 58.1 Å². The van der Waals surface area contributed by atoms with Gasteiger partial charge in [-0.3, -0.25) is 9.59 Å². The molecule has 0 unspecified atom stereocenters. The molecule has 0 aromatic heterocycles. The van der Waals surface area contributed by atoms with Gasteiger partial charge in [0.05, 0.1) is 12.3 Å². The quantitative estimate of drug-likeness (QED) is 0.361. The van der Waals surface area contributed by atoms with Gasteiger partial charge in [0.15, 0.2) is 0 Å². The van der Waals surface area contributed by atoms with Crippen LogP contribution < -0.4 is 15.5 Å². The molecule has 0 atom stereocenters. The Balaban J connectivity index is 1.93. The molecule has 28 heavy (non-hydrogen) atoms. The normalized spacial score (nSPS) is 10.9. The minimum atomic E-state index is -0.496. The van der Waals surface area contributed by atoms with E-state index in [1.165, 1.54) is 6.21 Å². The number of rotatable bonds is 8. The van der Waals surface area contributed by atoms with E-state index in [1.54, 1.807) is 0 Å². The molecule has 0 bridgehead atoms. The molecule has 6 nitrogen and oxygen atoms in total. The van der Waals surface area contributed by atoms with Crippen LogP contribution in [0.25, 0.3) is 0 Å². The van der Waals surface area contributed by atoms with E-state index < -0.39 is 5.91 Å². The first-order valence-electron chi connectivity index (χ1n) is 9.05. The summed E-state index contributed by atoms with van der Waals surface area (Å²) in [4.78, 5) is 24.1. The van der Waals surface area contributed by atoms with Gasteiger partial charge in [-0.1, -0.05) is 41.1 Å². The number of benzene rings is 2. The zero-order valence-electron chi connectivity index (χ0n) is 16.2. The zero-order chi connectivity index (χ0) is 20.5. The Bertz CT molecular complexity index is 866. The van der Waals surface area contributed by atoms with Gasteiger partial charge in [0.2, 0.25) is 11.8 Å². The van der Waals surface area contributed by atoms with Gasteiger partial charge < -0.3 is 10.1 Å². The summed E-state index contributed by atoms with van der Waals surface area (Å²) >= 11 is 3.40. The Hall–Kier alpha value is -2.67. The van der Waals surface area contributed by atoms with Crippen molar-refractivity contribution in [1.29, 1.82) is 0 Å². The summed E-state index contributed by atoms with van der Waals surface area (Å²) in [7, 11) is 0. The number of hydrogen-bond donors (Lipinski definition) is 2. The van der Waals surface area contributed by atoms with E-state index in [2.05, 4.69) is 31.8 Å². The highest BCUT2D eigenvalue weighted by atomic mass is 79.9. The summed E-state index contributed by atoms with van der Waals surface area (Å²) < 4.78 is 6.59. The summed E-state index contributed by atoms with van der Waals surface area (Å²) in [6.45, 7) is 5.87. The molecule has 0 aliphatic rings. The molecule has 0 spiro atoms. The van der Waals surface area contributed by atoms with Gasteiger partial charge in [0, 0.05) is 15.7 Å². The van der Waals surface area contributed by atoms with Crippen molar-refractivity contribution in [2.75, 3.05) is 5.32 Å². The van der Waals surface area contributed by atoms with Crippen LogP contribution in [0, 0.1) is 0 Å². The van der Waals surface area contributed by atoms with Crippen molar-refractivity contribution in [2.24, 2.45) is 5.10 Å². The first-order valence-corrected chi connectivity index (χ1v) is 9.84. The monoisotopic (exact) mass is 445 g/mol. The van der Waals surface area contributed by atoms with Gasteiger partial charge in [0.1, 0.15) is 12.2 Å². The number of amides is 2. The van der Waals surface area contributed by atoms with Crippen molar-refractivity contribution >= 4 is 39.6 Å². The summed E-state index contributed by atoms with van der Waals surface area (Å²) in [6, 6.07) is 13.0. The molecule has 0 saturated heterocycles. The fourth-order valence-corrected chi connectivity index (χ4v) is 2.86. The van der Waals surface area contributed by atoms with Crippen LogP contribution in [0.15, 0.2) is 52.0 Å². The van der Waals surface area contributed by atoms with E-state index in [9.17, 15) is 9.59 Å². The Kier molecular flexibility index (Phi) is 8.19. The van der Waals surface area contributed by atoms with Crippen LogP contribution in [0.3, 0.4) is 0 Å². The Morgan fingerprint density at radius 3 is 2.64 bits per heavy atom. The van der Waals surface area contributed by atoms with E-state index in [0.717, 1.165) is 22.1 Å². The third kappa shape index (κ3) is 6.81. The van der Waals surface area contributed by atoms with Gasteiger partial charge in [-0.15, -0.1) is 0 Å². The maximum absolute atomic E-state index is 12.1. The predicted octanol–water partition coefficient (Wildman–Crippen LogP) is 4.28. The molecule has 2 N–H and O–H groups in total.